The van der Waals surface area contributed by atoms with Crippen LogP contribution in [0.5, 0.6) is 0 Å². The SMILES string of the molecule is C[C@H](NC(=O)[C@@H]1C[C@H](c2ccccc2)CCN1)C(=O)NCc1ccc(C(=N)N)cc1. The molecular weight excluding hydrogens is 378 g/mol. The van der Waals surface area contributed by atoms with E-state index in [1.165, 1.54) is 5.56 Å². The molecule has 0 bridgehead atoms. The molecule has 2 aromatic rings. The zero-order valence-electron chi connectivity index (χ0n) is 17.2. The van der Waals surface area contributed by atoms with Crippen LogP contribution in [-0.4, -0.2) is 36.3 Å². The van der Waals surface area contributed by atoms with Crippen molar-refractivity contribution in [1.29, 1.82) is 5.41 Å². The first kappa shape index (κ1) is 21.5. The van der Waals surface area contributed by atoms with Crippen LogP contribution in [0, 0.1) is 5.41 Å². The van der Waals surface area contributed by atoms with Gasteiger partial charge in [-0.05, 0) is 43.4 Å². The maximum Gasteiger partial charge on any atom is 0.242 e. The molecule has 7 nitrogen and oxygen atoms in total. The number of carbonyl (C=O) groups is 2. The van der Waals surface area contributed by atoms with Gasteiger partial charge in [0.25, 0.3) is 0 Å². The molecule has 1 aliphatic rings. The second-order valence-electron chi connectivity index (χ2n) is 7.70. The molecule has 0 radical (unpaired) electrons. The average molecular weight is 408 g/mol. The molecule has 2 aromatic carbocycles. The second-order valence-corrected chi connectivity index (χ2v) is 7.70. The minimum absolute atomic E-state index is 0.00717. The summed E-state index contributed by atoms with van der Waals surface area (Å²) in [6.45, 7) is 2.80. The number of nitrogens with two attached hydrogens (primary N) is 1. The lowest BCUT2D eigenvalue weighted by Crippen LogP contribution is -2.53. The largest absolute Gasteiger partial charge is 0.384 e. The molecule has 0 aliphatic carbocycles. The molecular formula is C23H29N5O2. The van der Waals surface area contributed by atoms with E-state index < -0.39 is 6.04 Å². The summed E-state index contributed by atoms with van der Waals surface area (Å²) < 4.78 is 0. The van der Waals surface area contributed by atoms with Crippen molar-refractivity contribution in [2.75, 3.05) is 6.54 Å². The smallest absolute Gasteiger partial charge is 0.242 e. The van der Waals surface area contributed by atoms with Crippen molar-refractivity contribution in [2.45, 2.75) is 44.3 Å². The van der Waals surface area contributed by atoms with Gasteiger partial charge in [0.15, 0.2) is 0 Å². The molecule has 30 heavy (non-hydrogen) atoms. The van der Waals surface area contributed by atoms with Gasteiger partial charge in [-0.1, -0.05) is 54.6 Å². The number of carbonyl (C=O) groups excluding carboxylic acids is 2. The van der Waals surface area contributed by atoms with E-state index in [1.54, 1.807) is 19.1 Å². The van der Waals surface area contributed by atoms with Crippen LogP contribution < -0.4 is 21.7 Å². The van der Waals surface area contributed by atoms with Crippen LogP contribution in [0.4, 0.5) is 0 Å². The normalized spacial score (nSPS) is 19.5. The van der Waals surface area contributed by atoms with Crippen LogP contribution in [0.25, 0.3) is 0 Å². The zero-order chi connectivity index (χ0) is 21.5. The van der Waals surface area contributed by atoms with Crippen molar-refractivity contribution in [3.8, 4) is 0 Å². The Labute approximate surface area is 176 Å². The molecule has 0 saturated carbocycles. The van der Waals surface area contributed by atoms with Crippen LogP contribution >= 0.6 is 0 Å². The maximum absolute atomic E-state index is 12.7. The number of amidine groups is 1. The molecule has 3 atom stereocenters. The van der Waals surface area contributed by atoms with Crippen molar-refractivity contribution < 1.29 is 9.59 Å². The lowest BCUT2D eigenvalue weighted by molar-refractivity contribution is -0.130. The van der Waals surface area contributed by atoms with Gasteiger partial charge in [0.1, 0.15) is 11.9 Å². The fraction of sp³-hybridized carbons (Fsp3) is 0.348. The maximum atomic E-state index is 12.7. The summed E-state index contributed by atoms with van der Waals surface area (Å²) in [6.07, 6.45) is 1.71. The first-order valence-electron chi connectivity index (χ1n) is 10.2. The van der Waals surface area contributed by atoms with Gasteiger partial charge >= 0.3 is 0 Å². The standard InChI is InChI=1S/C23H29N5O2/c1-15(22(29)27-14-16-7-9-18(10-8-16)21(24)25)28-23(30)20-13-19(11-12-26-20)17-5-3-2-4-6-17/h2-10,15,19-20,26H,11-14H2,1H3,(H3,24,25)(H,27,29)(H,28,30)/t15-,19+,20-/m0/s1. The van der Waals surface area contributed by atoms with Gasteiger partial charge in [-0.25, -0.2) is 0 Å². The summed E-state index contributed by atoms with van der Waals surface area (Å²) in [6, 6.07) is 16.4. The number of benzene rings is 2. The highest BCUT2D eigenvalue weighted by Gasteiger charge is 2.29. The third-order valence-electron chi connectivity index (χ3n) is 5.47. The number of hydrogen-bond donors (Lipinski definition) is 5. The highest BCUT2D eigenvalue weighted by Crippen LogP contribution is 2.27. The van der Waals surface area contributed by atoms with Crippen molar-refractivity contribution in [1.82, 2.24) is 16.0 Å². The third-order valence-corrected chi connectivity index (χ3v) is 5.47. The Morgan fingerprint density at radius 1 is 1.17 bits per heavy atom. The molecule has 1 saturated heterocycles. The predicted molar refractivity (Wildman–Crippen MR) is 117 cm³/mol. The Morgan fingerprint density at radius 3 is 2.53 bits per heavy atom. The van der Waals surface area contributed by atoms with Crippen molar-refractivity contribution >= 4 is 17.6 Å². The van der Waals surface area contributed by atoms with Crippen LogP contribution in [0.1, 0.15) is 42.4 Å². The molecule has 0 aromatic heterocycles. The van der Waals surface area contributed by atoms with Gasteiger partial charge in [0, 0.05) is 12.1 Å². The summed E-state index contributed by atoms with van der Waals surface area (Å²) in [5, 5.41) is 16.3. The topological polar surface area (TPSA) is 120 Å². The Bertz CT molecular complexity index is 882. The summed E-state index contributed by atoms with van der Waals surface area (Å²) in [4.78, 5) is 25.1. The molecule has 7 heteroatoms. The summed E-state index contributed by atoms with van der Waals surface area (Å²) >= 11 is 0. The number of nitrogen functional groups attached to an aromatic ring is 1. The van der Waals surface area contributed by atoms with E-state index in [2.05, 4.69) is 28.1 Å². The van der Waals surface area contributed by atoms with Gasteiger partial charge in [0.2, 0.25) is 11.8 Å². The Kier molecular flexibility index (Phi) is 7.19. The monoisotopic (exact) mass is 407 g/mol. The molecule has 1 aliphatic heterocycles. The number of amides is 2. The van der Waals surface area contributed by atoms with E-state index in [0.717, 1.165) is 18.5 Å². The number of rotatable bonds is 7. The van der Waals surface area contributed by atoms with E-state index in [0.29, 0.717) is 24.4 Å². The Morgan fingerprint density at radius 2 is 1.87 bits per heavy atom. The van der Waals surface area contributed by atoms with Crippen molar-refractivity contribution in [3.05, 3.63) is 71.3 Å². The molecule has 1 heterocycles. The van der Waals surface area contributed by atoms with E-state index in [1.807, 2.05) is 30.3 Å². The van der Waals surface area contributed by atoms with E-state index in [4.69, 9.17) is 11.1 Å². The van der Waals surface area contributed by atoms with E-state index in [-0.39, 0.29) is 23.7 Å². The molecule has 6 N–H and O–H groups in total. The third kappa shape index (κ3) is 5.67. The summed E-state index contributed by atoms with van der Waals surface area (Å²) in [7, 11) is 0. The fourth-order valence-electron chi connectivity index (χ4n) is 3.67. The fourth-order valence-corrected chi connectivity index (χ4v) is 3.67. The van der Waals surface area contributed by atoms with Gasteiger partial charge in [-0.15, -0.1) is 0 Å². The van der Waals surface area contributed by atoms with Crippen molar-refractivity contribution in [3.63, 3.8) is 0 Å². The van der Waals surface area contributed by atoms with Crippen molar-refractivity contribution in [2.24, 2.45) is 5.73 Å². The van der Waals surface area contributed by atoms with Gasteiger partial charge in [0.05, 0.1) is 6.04 Å². The lowest BCUT2D eigenvalue weighted by Gasteiger charge is -2.30. The molecule has 158 valence electrons. The minimum Gasteiger partial charge on any atom is -0.384 e. The predicted octanol–water partition coefficient (Wildman–Crippen LogP) is 1.63. The number of nitrogens with one attached hydrogen (secondary N) is 4. The first-order chi connectivity index (χ1) is 14.4. The van der Waals surface area contributed by atoms with Crippen LogP contribution in [0.15, 0.2) is 54.6 Å². The summed E-state index contributed by atoms with van der Waals surface area (Å²) in [5.41, 5.74) is 8.23. The average Bonchev–Trinajstić information content (AvgIpc) is 2.78. The molecule has 2 amide bonds. The van der Waals surface area contributed by atoms with Gasteiger partial charge in [-0.2, -0.15) is 0 Å². The van der Waals surface area contributed by atoms with Gasteiger partial charge < -0.3 is 21.7 Å². The number of piperidine rings is 1. The molecule has 0 unspecified atom stereocenters. The van der Waals surface area contributed by atoms with E-state index in [9.17, 15) is 9.59 Å². The van der Waals surface area contributed by atoms with E-state index >= 15 is 0 Å². The van der Waals surface area contributed by atoms with Crippen LogP contribution in [-0.2, 0) is 16.1 Å². The summed E-state index contributed by atoms with van der Waals surface area (Å²) in [5.74, 6) is -0.0449. The minimum atomic E-state index is -0.632. The van der Waals surface area contributed by atoms with Gasteiger partial charge in [-0.3, -0.25) is 15.0 Å². The highest BCUT2D eigenvalue weighted by molar-refractivity contribution is 5.95. The molecule has 1 fully saturated rings. The second kappa shape index (κ2) is 10.0. The quantitative estimate of drug-likeness (QED) is 0.354. The molecule has 3 rings (SSSR count). The first-order valence-corrected chi connectivity index (χ1v) is 10.2. The molecule has 0 spiro atoms. The number of hydrogen-bond acceptors (Lipinski definition) is 4. The lowest BCUT2D eigenvalue weighted by atomic mass is 9.86. The Balaban J connectivity index is 1.48. The Hall–Kier alpha value is -3.19. The van der Waals surface area contributed by atoms with Crippen LogP contribution in [0.3, 0.4) is 0 Å². The highest BCUT2D eigenvalue weighted by atomic mass is 16.2. The van der Waals surface area contributed by atoms with Crippen LogP contribution in [0.2, 0.25) is 0 Å². The zero-order valence-corrected chi connectivity index (χ0v) is 17.2.